The third-order valence-electron chi connectivity index (χ3n) is 5.26. The molecule has 0 saturated carbocycles. The van der Waals surface area contributed by atoms with Crippen LogP contribution < -0.4 is 0 Å². The standard InChI is InChI=1S/C20H24N2O3/c1-6-13-10(2)18(21-11(13)3)17-19(24)16(20(17)25)14-8-7-12(22(4)5)9-15(14)23/h7-9,14,16,21H,6H2,1-5H3,(H,24,25)/p+1. The number of carbonyl (C=O) groups is 1. The smallest absolute Gasteiger partial charge is 0.202 e. The number of hydrogen-bond donors (Lipinski definition) is 3. The minimum atomic E-state index is -0.709. The Labute approximate surface area is 147 Å². The van der Waals surface area contributed by atoms with Gasteiger partial charge in [-0.1, -0.05) is 13.0 Å². The van der Waals surface area contributed by atoms with Gasteiger partial charge in [-0.3, -0.25) is 4.79 Å². The zero-order chi connectivity index (χ0) is 18.5. The molecule has 132 valence electrons. The fraction of sp³-hybridized carbons (Fsp3) is 0.400. The van der Waals surface area contributed by atoms with Crippen molar-refractivity contribution in [1.82, 2.24) is 4.98 Å². The highest BCUT2D eigenvalue weighted by molar-refractivity contribution is 6.30. The number of aryl methyl sites for hydroxylation is 1. The molecule has 0 spiro atoms. The van der Waals surface area contributed by atoms with Crippen LogP contribution in [0.2, 0.25) is 0 Å². The zero-order valence-electron chi connectivity index (χ0n) is 15.3. The van der Waals surface area contributed by atoms with Crippen molar-refractivity contribution in [3.05, 3.63) is 52.3 Å². The lowest BCUT2D eigenvalue weighted by Gasteiger charge is -2.33. The van der Waals surface area contributed by atoms with Crippen molar-refractivity contribution in [3.63, 3.8) is 0 Å². The molecule has 0 bridgehead atoms. The summed E-state index contributed by atoms with van der Waals surface area (Å²) in [6.07, 6.45) is 6.16. The maximum atomic E-state index is 12.8. The Kier molecular flexibility index (Phi) is 4.19. The van der Waals surface area contributed by atoms with Crippen LogP contribution in [0.1, 0.15) is 29.4 Å². The number of allylic oxidation sites excluding steroid dienone is 5. The first-order valence-corrected chi connectivity index (χ1v) is 8.56. The lowest BCUT2D eigenvalue weighted by molar-refractivity contribution is -0.462. The maximum absolute atomic E-state index is 12.8. The maximum Gasteiger partial charge on any atom is 0.202 e. The van der Waals surface area contributed by atoms with Crippen LogP contribution in [0, 0.1) is 25.7 Å². The van der Waals surface area contributed by atoms with Gasteiger partial charge in [-0.05, 0) is 31.4 Å². The summed E-state index contributed by atoms with van der Waals surface area (Å²) in [5.41, 5.74) is 5.13. The van der Waals surface area contributed by atoms with Crippen LogP contribution >= 0.6 is 0 Å². The lowest BCUT2D eigenvalue weighted by Crippen LogP contribution is -2.37. The van der Waals surface area contributed by atoms with Gasteiger partial charge in [-0.15, -0.1) is 0 Å². The highest BCUT2D eigenvalue weighted by atomic mass is 16.3. The van der Waals surface area contributed by atoms with E-state index in [4.69, 9.17) is 0 Å². The highest BCUT2D eigenvalue weighted by Gasteiger charge is 2.47. The van der Waals surface area contributed by atoms with E-state index in [0.29, 0.717) is 11.3 Å². The quantitative estimate of drug-likeness (QED) is 0.740. The van der Waals surface area contributed by atoms with E-state index in [1.54, 1.807) is 12.2 Å². The molecule has 0 radical (unpaired) electrons. The number of ketones is 1. The predicted molar refractivity (Wildman–Crippen MR) is 98.1 cm³/mol. The SMILES string of the molecule is CCc1c(C)[nH]c(C2=C(O)C(C3C=CC(=[N+](C)C)C=C3O)C2=O)c1C. The minimum Gasteiger partial charge on any atom is -0.511 e. The molecule has 1 heterocycles. The number of rotatable bonds is 3. The van der Waals surface area contributed by atoms with Crippen LogP contribution in [0.25, 0.3) is 5.57 Å². The molecule has 2 unspecified atom stereocenters. The Morgan fingerprint density at radius 1 is 1.24 bits per heavy atom. The summed E-state index contributed by atoms with van der Waals surface area (Å²) in [6, 6.07) is 0. The Morgan fingerprint density at radius 2 is 1.92 bits per heavy atom. The van der Waals surface area contributed by atoms with E-state index in [1.165, 1.54) is 5.56 Å². The largest absolute Gasteiger partial charge is 0.511 e. The number of carbonyl (C=O) groups excluding carboxylic acids is 1. The molecular weight excluding hydrogens is 316 g/mol. The molecule has 2 aliphatic rings. The number of aliphatic hydroxyl groups is 2. The molecule has 5 nitrogen and oxygen atoms in total. The number of aromatic amines is 1. The summed E-state index contributed by atoms with van der Waals surface area (Å²) in [7, 11) is 3.77. The molecule has 0 amide bonds. The van der Waals surface area contributed by atoms with E-state index >= 15 is 0 Å². The summed E-state index contributed by atoms with van der Waals surface area (Å²) in [5, 5.41) is 20.9. The van der Waals surface area contributed by atoms with Crippen molar-refractivity contribution in [2.45, 2.75) is 27.2 Å². The minimum absolute atomic E-state index is 0.0555. The van der Waals surface area contributed by atoms with Crippen molar-refractivity contribution in [2.24, 2.45) is 11.8 Å². The van der Waals surface area contributed by atoms with Gasteiger partial charge in [-0.25, -0.2) is 4.58 Å². The number of nitrogens with one attached hydrogen (secondary N) is 1. The highest BCUT2D eigenvalue weighted by Crippen LogP contribution is 2.44. The van der Waals surface area contributed by atoms with Gasteiger partial charge in [0.1, 0.15) is 25.6 Å². The van der Waals surface area contributed by atoms with E-state index < -0.39 is 11.8 Å². The second-order valence-corrected chi connectivity index (χ2v) is 6.96. The second kappa shape index (κ2) is 6.06. The number of aliphatic hydroxyl groups excluding tert-OH is 2. The summed E-state index contributed by atoms with van der Waals surface area (Å²) in [6.45, 7) is 6.01. The number of aromatic nitrogens is 1. The van der Waals surface area contributed by atoms with Crippen molar-refractivity contribution in [3.8, 4) is 0 Å². The summed E-state index contributed by atoms with van der Waals surface area (Å²) >= 11 is 0. The normalized spacial score (nSPS) is 23.0. The zero-order valence-corrected chi connectivity index (χ0v) is 15.3. The molecule has 3 N–H and O–H groups in total. The van der Waals surface area contributed by atoms with Gasteiger partial charge in [0.15, 0.2) is 5.78 Å². The van der Waals surface area contributed by atoms with Crippen LogP contribution in [0.15, 0.2) is 29.7 Å². The number of nitrogens with zero attached hydrogens (tertiary/aromatic N) is 1. The van der Waals surface area contributed by atoms with Crippen LogP contribution in [0.5, 0.6) is 0 Å². The lowest BCUT2D eigenvalue weighted by atomic mass is 9.71. The summed E-state index contributed by atoms with van der Waals surface area (Å²) in [4.78, 5) is 16.0. The first-order chi connectivity index (χ1) is 11.8. The van der Waals surface area contributed by atoms with Gasteiger partial charge < -0.3 is 15.2 Å². The molecule has 2 aliphatic carbocycles. The topological polar surface area (TPSA) is 76.3 Å². The van der Waals surface area contributed by atoms with Gasteiger partial charge in [0.25, 0.3) is 0 Å². The van der Waals surface area contributed by atoms with E-state index in [0.717, 1.165) is 23.4 Å². The molecule has 1 aromatic rings. The van der Waals surface area contributed by atoms with Crippen LogP contribution in [0.4, 0.5) is 0 Å². The van der Waals surface area contributed by atoms with Gasteiger partial charge in [0, 0.05) is 17.8 Å². The first kappa shape index (κ1) is 17.3. The molecule has 3 rings (SSSR count). The Balaban J connectivity index is 1.97. The summed E-state index contributed by atoms with van der Waals surface area (Å²) < 4.78 is 1.88. The van der Waals surface area contributed by atoms with Crippen molar-refractivity contribution < 1.29 is 19.6 Å². The van der Waals surface area contributed by atoms with E-state index in [-0.39, 0.29) is 17.3 Å². The molecule has 0 aromatic carbocycles. The fourth-order valence-electron chi connectivity index (χ4n) is 3.79. The van der Waals surface area contributed by atoms with Gasteiger partial charge in [0.05, 0.1) is 23.1 Å². The van der Waals surface area contributed by atoms with Crippen LogP contribution in [-0.4, -0.2) is 45.4 Å². The van der Waals surface area contributed by atoms with E-state index in [9.17, 15) is 15.0 Å². The third-order valence-corrected chi connectivity index (χ3v) is 5.26. The van der Waals surface area contributed by atoms with Crippen LogP contribution in [-0.2, 0) is 11.2 Å². The van der Waals surface area contributed by atoms with Crippen LogP contribution in [0.3, 0.4) is 0 Å². The Bertz CT molecular complexity index is 877. The molecular formula is C20H25N2O3+. The second-order valence-electron chi connectivity index (χ2n) is 6.96. The van der Waals surface area contributed by atoms with E-state index in [2.05, 4.69) is 11.9 Å². The van der Waals surface area contributed by atoms with Crippen molar-refractivity contribution in [2.75, 3.05) is 14.1 Å². The Morgan fingerprint density at radius 3 is 2.40 bits per heavy atom. The first-order valence-electron chi connectivity index (χ1n) is 8.56. The molecule has 0 saturated heterocycles. The third kappa shape index (κ3) is 2.54. The number of Topliss-reactive ketones (excluding diaryl/α,β-unsaturated/α-hetero) is 1. The molecule has 5 heteroatoms. The molecule has 0 fully saturated rings. The monoisotopic (exact) mass is 341 g/mol. The molecule has 0 aliphatic heterocycles. The average Bonchev–Trinajstić information content (AvgIpc) is 2.83. The average molecular weight is 341 g/mol. The van der Waals surface area contributed by atoms with E-state index in [1.807, 2.05) is 38.6 Å². The van der Waals surface area contributed by atoms with Gasteiger partial charge in [0.2, 0.25) is 5.71 Å². The number of hydrogen-bond acceptors (Lipinski definition) is 3. The Hall–Kier alpha value is -2.56. The molecule has 2 atom stereocenters. The molecule has 25 heavy (non-hydrogen) atoms. The van der Waals surface area contributed by atoms with Gasteiger partial charge >= 0.3 is 0 Å². The summed E-state index contributed by atoms with van der Waals surface area (Å²) in [5.74, 6) is -1.20. The van der Waals surface area contributed by atoms with Gasteiger partial charge in [-0.2, -0.15) is 0 Å². The fourth-order valence-corrected chi connectivity index (χ4v) is 3.79. The number of H-pyrrole nitrogens is 1. The van der Waals surface area contributed by atoms with Crippen molar-refractivity contribution in [1.29, 1.82) is 0 Å². The van der Waals surface area contributed by atoms with Crippen molar-refractivity contribution >= 4 is 17.1 Å². The predicted octanol–water partition coefficient (Wildman–Crippen LogP) is 3.00. The molecule has 1 aromatic heterocycles.